The molecule has 0 fully saturated rings. The summed E-state index contributed by atoms with van der Waals surface area (Å²) in [5.74, 6) is -0.538. The molecule has 1 aromatic heterocycles. The molecule has 1 aromatic carbocycles. The van der Waals surface area contributed by atoms with Gasteiger partial charge in [0.05, 0.1) is 11.9 Å². The molecular weight excluding hydrogens is 286 g/mol. The molecule has 0 spiro atoms. The number of amides is 2. The largest absolute Gasteiger partial charge is 0.366 e. The minimum Gasteiger partial charge on any atom is -0.366 e. The summed E-state index contributed by atoms with van der Waals surface area (Å²) in [4.78, 5) is 25.3. The third-order valence-corrected chi connectivity index (χ3v) is 3.85. The van der Waals surface area contributed by atoms with Crippen LogP contribution in [0.25, 0.3) is 0 Å². The Morgan fingerprint density at radius 2 is 1.95 bits per heavy atom. The summed E-state index contributed by atoms with van der Waals surface area (Å²) >= 11 is 1.69. The van der Waals surface area contributed by atoms with Crippen LogP contribution in [0.1, 0.15) is 15.2 Å². The van der Waals surface area contributed by atoms with Crippen molar-refractivity contribution in [3.63, 3.8) is 0 Å². The highest BCUT2D eigenvalue weighted by atomic mass is 32.1. The van der Waals surface area contributed by atoms with Crippen LogP contribution in [0, 0.1) is 0 Å². The molecule has 2 amide bonds. The van der Waals surface area contributed by atoms with Gasteiger partial charge in [-0.15, -0.1) is 11.3 Å². The lowest BCUT2D eigenvalue weighted by Crippen LogP contribution is -3.08. The molecule has 21 heavy (non-hydrogen) atoms. The van der Waals surface area contributed by atoms with Crippen molar-refractivity contribution in [3.05, 3.63) is 52.2 Å². The zero-order valence-electron chi connectivity index (χ0n) is 11.8. The Bertz CT molecular complexity index is 608. The number of carbonyl (C=O) groups excluding carboxylic acids is 2. The van der Waals surface area contributed by atoms with E-state index in [0.29, 0.717) is 17.8 Å². The molecule has 110 valence electrons. The van der Waals surface area contributed by atoms with Crippen LogP contribution in [0.4, 0.5) is 5.69 Å². The van der Waals surface area contributed by atoms with Crippen LogP contribution in [0.15, 0.2) is 41.8 Å². The van der Waals surface area contributed by atoms with E-state index in [0.717, 1.165) is 11.4 Å². The maximum absolute atomic E-state index is 11.9. The van der Waals surface area contributed by atoms with Gasteiger partial charge in [0.1, 0.15) is 6.54 Å². The van der Waals surface area contributed by atoms with Crippen LogP contribution >= 0.6 is 11.3 Å². The molecule has 1 atom stereocenters. The predicted molar refractivity (Wildman–Crippen MR) is 83.4 cm³/mol. The molecule has 2 aromatic rings. The summed E-state index contributed by atoms with van der Waals surface area (Å²) in [5.41, 5.74) is 6.25. The highest BCUT2D eigenvalue weighted by Gasteiger charge is 2.11. The van der Waals surface area contributed by atoms with Gasteiger partial charge < -0.3 is 16.0 Å². The van der Waals surface area contributed by atoms with E-state index in [2.05, 4.69) is 11.4 Å². The Labute approximate surface area is 127 Å². The van der Waals surface area contributed by atoms with Crippen LogP contribution in [0.3, 0.4) is 0 Å². The number of hydrogen-bond donors (Lipinski definition) is 3. The van der Waals surface area contributed by atoms with Gasteiger partial charge in [-0.3, -0.25) is 9.59 Å². The van der Waals surface area contributed by atoms with E-state index in [1.165, 1.54) is 4.88 Å². The van der Waals surface area contributed by atoms with Crippen LogP contribution in [-0.2, 0) is 11.3 Å². The van der Waals surface area contributed by atoms with Crippen molar-refractivity contribution in [2.24, 2.45) is 5.73 Å². The summed E-state index contributed by atoms with van der Waals surface area (Å²) in [6.45, 7) is 1.21. The van der Waals surface area contributed by atoms with Crippen molar-refractivity contribution in [1.29, 1.82) is 0 Å². The van der Waals surface area contributed by atoms with E-state index in [1.54, 1.807) is 35.6 Å². The van der Waals surface area contributed by atoms with Crippen molar-refractivity contribution >= 4 is 28.8 Å². The average molecular weight is 304 g/mol. The summed E-state index contributed by atoms with van der Waals surface area (Å²) in [6.07, 6.45) is 0. The Morgan fingerprint density at radius 3 is 2.52 bits per heavy atom. The summed E-state index contributed by atoms with van der Waals surface area (Å²) in [7, 11) is 1.98. The van der Waals surface area contributed by atoms with Gasteiger partial charge in [-0.25, -0.2) is 0 Å². The molecule has 0 aliphatic heterocycles. The Kier molecular flexibility index (Phi) is 5.08. The molecule has 0 saturated carbocycles. The number of likely N-dealkylation sites (N-methyl/N-ethyl adjacent to an activating group) is 1. The van der Waals surface area contributed by atoms with E-state index in [-0.39, 0.29) is 5.91 Å². The van der Waals surface area contributed by atoms with Crippen molar-refractivity contribution < 1.29 is 14.5 Å². The van der Waals surface area contributed by atoms with E-state index in [9.17, 15) is 9.59 Å². The van der Waals surface area contributed by atoms with E-state index < -0.39 is 5.91 Å². The van der Waals surface area contributed by atoms with Gasteiger partial charge in [-0.1, -0.05) is 6.07 Å². The minimum absolute atomic E-state index is 0.0594. The van der Waals surface area contributed by atoms with Crippen molar-refractivity contribution in [2.75, 3.05) is 18.9 Å². The van der Waals surface area contributed by atoms with Gasteiger partial charge in [-0.2, -0.15) is 0 Å². The molecule has 4 N–H and O–H groups in total. The molecule has 5 nitrogen and oxygen atoms in total. The SMILES string of the molecule is C[NH+](CC(=O)Nc1ccc(C(N)=O)cc1)Cc1cccs1. The molecule has 1 unspecified atom stereocenters. The zero-order valence-corrected chi connectivity index (χ0v) is 12.6. The fraction of sp³-hybridized carbons (Fsp3) is 0.200. The van der Waals surface area contributed by atoms with Crippen molar-refractivity contribution in [3.8, 4) is 0 Å². The number of nitrogens with one attached hydrogen (secondary N) is 2. The zero-order chi connectivity index (χ0) is 15.2. The Hall–Kier alpha value is -2.18. The first kappa shape index (κ1) is 15.2. The monoisotopic (exact) mass is 304 g/mol. The number of nitrogens with two attached hydrogens (primary N) is 1. The quantitative estimate of drug-likeness (QED) is 0.727. The Balaban J connectivity index is 1.84. The summed E-state index contributed by atoms with van der Waals surface area (Å²) < 4.78 is 0. The van der Waals surface area contributed by atoms with Gasteiger partial charge in [0.25, 0.3) is 5.91 Å². The minimum atomic E-state index is -0.479. The normalized spacial score (nSPS) is 11.9. The highest BCUT2D eigenvalue weighted by molar-refractivity contribution is 7.09. The van der Waals surface area contributed by atoms with E-state index in [1.807, 2.05) is 18.5 Å². The fourth-order valence-corrected chi connectivity index (χ4v) is 2.79. The third kappa shape index (κ3) is 4.70. The Morgan fingerprint density at radius 1 is 1.24 bits per heavy atom. The number of hydrogen-bond acceptors (Lipinski definition) is 3. The van der Waals surface area contributed by atoms with Gasteiger partial charge in [0.2, 0.25) is 5.91 Å². The topological polar surface area (TPSA) is 76.6 Å². The molecule has 1 heterocycles. The maximum Gasteiger partial charge on any atom is 0.279 e. The van der Waals surface area contributed by atoms with Crippen LogP contribution in [-0.4, -0.2) is 25.4 Å². The van der Waals surface area contributed by atoms with Gasteiger partial charge in [-0.05, 0) is 35.7 Å². The predicted octanol–water partition coefficient (Wildman–Crippen LogP) is 0.500. The van der Waals surface area contributed by atoms with Crippen LogP contribution in [0.2, 0.25) is 0 Å². The maximum atomic E-state index is 11.9. The third-order valence-electron chi connectivity index (χ3n) is 2.97. The second kappa shape index (κ2) is 7.01. The molecule has 0 bridgehead atoms. The number of anilines is 1. The van der Waals surface area contributed by atoms with E-state index in [4.69, 9.17) is 5.73 Å². The summed E-state index contributed by atoms with van der Waals surface area (Å²) in [5, 5.41) is 4.84. The molecular formula is C15H18N3O2S+. The number of quaternary nitrogens is 1. The van der Waals surface area contributed by atoms with Crippen molar-refractivity contribution in [2.45, 2.75) is 6.54 Å². The smallest absolute Gasteiger partial charge is 0.279 e. The molecule has 6 heteroatoms. The number of carbonyl (C=O) groups is 2. The second-order valence-electron chi connectivity index (χ2n) is 4.88. The standard InChI is InChI=1S/C15H17N3O2S/c1-18(9-13-3-2-8-21-13)10-14(19)17-12-6-4-11(5-7-12)15(16)20/h2-8H,9-10H2,1H3,(H2,16,20)(H,17,19)/p+1. The lowest BCUT2D eigenvalue weighted by Gasteiger charge is -2.13. The first-order valence-electron chi connectivity index (χ1n) is 6.58. The van der Waals surface area contributed by atoms with Crippen LogP contribution in [0.5, 0.6) is 0 Å². The number of rotatable bonds is 6. The van der Waals surface area contributed by atoms with Crippen molar-refractivity contribution in [1.82, 2.24) is 0 Å². The second-order valence-corrected chi connectivity index (χ2v) is 5.91. The summed E-state index contributed by atoms with van der Waals surface area (Å²) in [6, 6.07) is 10.6. The van der Waals surface area contributed by atoms with Crippen LogP contribution < -0.4 is 16.0 Å². The lowest BCUT2D eigenvalue weighted by molar-refractivity contribution is -0.884. The molecule has 0 saturated heterocycles. The molecule has 0 aliphatic carbocycles. The number of thiophene rings is 1. The number of benzene rings is 1. The first-order valence-corrected chi connectivity index (χ1v) is 7.46. The highest BCUT2D eigenvalue weighted by Crippen LogP contribution is 2.09. The fourth-order valence-electron chi connectivity index (χ4n) is 1.97. The lowest BCUT2D eigenvalue weighted by atomic mass is 10.2. The van der Waals surface area contributed by atoms with Gasteiger partial charge >= 0.3 is 0 Å². The molecule has 0 aliphatic rings. The first-order chi connectivity index (χ1) is 10.0. The van der Waals surface area contributed by atoms with Gasteiger partial charge in [0, 0.05) is 11.3 Å². The van der Waals surface area contributed by atoms with Gasteiger partial charge in [0.15, 0.2) is 6.54 Å². The average Bonchev–Trinajstić information content (AvgIpc) is 2.91. The number of primary amides is 1. The molecule has 2 rings (SSSR count). The molecule has 0 radical (unpaired) electrons. The van der Waals surface area contributed by atoms with E-state index >= 15 is 0 Å².